The average molecular weight is 857 g/mol. The quantitative estimate of drug-likeness (QED) is 0.123. The molecule has 0 bridgehead atoms. The van der Waals surface area contributed by atoms with Crippen LogP contribution in [-0.2, 0) is 0 Å². The van der Waals surface area contributed by atoms with Crippen molar-refractivity contribution in [1.82, 2.24) is 19.1 Å². The van der Waals surface area contributed by atoms with Crippen LogP contribution in [-0.4, -0.2) is 19.1 Å². The molecular weight excluding hydrogens is 793 g/mol. The Balaban J connectivity index is 1.30. The number of aromatic nitrogens is 4. The van der Waals surface area contributed by atoms with Gasteiger partial charge in [0.15, 0.2) is 0 Å². The first-order valence-corrected chi connectivity index (χ1v) is 23.8. The van der Waals surface area contributed by atoms with Crippen LogP contribution in [0, 0.1) is 0 Å². The summed E-state index contributed by atoms with van der Waals surface area (Å²) in [5.74, 6) is 4.26. The molecule has 0 fully saturated rings. The van der Waals surface area contributed by atoms with E-state index in [1.807, 2.05) is 12.5 Å². The van der Waals surface area contributed by atoms with E-state index in [2.05, 4.69) is 214 Å². The van der Waals surface area contributed by atoms with E-state index in [9.17, 15) is 0 Å². The molecule has 0 radical (unpaired) electrons. The van der Waals surface area contributed by atoms with Gasteiger partial charge < -0.3 is 4.74 Å². The Morgan fingerprint density at radius 1 is 0.462 bits per heavy atom. The predicted octanol–water partition coefficient (Wildman–Crippen LogP) is 17.4. The molecule has 3 heterocycles. The molecule has 3 aromatic heterocycles. The lowest BCUT2D eigenvalue weighted by Gasteiger charge is -2.31. The van der Waals surface area contributed by atoms with Gasteiger partial charge in [-0.15, -0.1) is 0 Å². The summed E-state index contributed by atoms with van der Waals surface area (Å²) in [5, 5.41) is 2.34. The lowest BCUT2D eigenvalue weighted by Crippen LogP contribution is -2.14. The molecule has 330 valence electrons. The molecule has 0 amide bonds. The minimum Gasteiger partial charge on any atom is -0.457 e. The molecule has 0 N–H and O–H groups in total. The summed E-state index contributed by atoms with van der Waals surface area (Å²) in [6.07, 6.45) is 3.99. The lowest BCUT2D eigenvalue weighted by molar-refractivity contribution is 0.463. The number of para-hydroxylation sites is 3. The Bertz CT molecular complexity index is 3170. The minimum absolute atomic E-state index is 0.129. The van der Waals surface area contributed by atoms with Crippen molar-refractivity contribution in [3.8, 4) is 45.3 Å². The summed E-state index contributed by atoms with van der Waals surface area (Å²) in [7, 11) is 0. The fourth-order valence-corrected chi connectivity index (χ4v) is 10.2. The third kappa shape index (κ3) is 7.73. The summed E-state index contributed by atoms with van der Waals surface area (Å²) >= 11 is 0. The van der Waals surface area contributed by atoms with E-state index >= 15 is 0 Å². The SMILES string of the molecule is CC(C)c1cc(C(C)C)c(-c2ccnc(-n3c4ccccc4c4ccc(Oc5c(C(C)C)c(-c6ccccc6)c(C(C)C)c(-n6cnc7ccccc76)c5C(C)C)cc43)c2)c(C(C)C)c1. The van der Waals surface area contributed by atoms with Gasteiger partial charge in [-0.05, 0) is 122 Å². The van der Waals surface area contributed by atoms with Gasteiger partial charge in [-0.2, -0.15) is 0 Å². The Kier molecular flexibility index (Phi) is 11.8. The second kappa shape index (κ2) is 17.5. The molecule has 9 rings (SSSR count). The first-order valence-electron chi connectivity index (χ1n) is 23.8. The number of ether oxygens (including phenoxy) is 1. The number of fused-ring (bicyclic) bond motifs is 4. The number of hydrogen-bond acceptors (Lipinski definition) is 3. The molecule has 0 saturated carbocycles. The Morgan fingerprint density at radius 3 is 1.72 bits per heavy atom. The zero-order valence-corrected chi connectivity index (χ0v) is 40.4. The second-order valence-corrected chi connectivity index (χ2v) is 19.8. The Morgan fingerprint density at radius 2 is 1.08 bits per heavy atom. The third-order valence-electron chi connectivity index (χ3n) is 13.3. The molecule has 5 heteroatoms. The smallest absolute Gasteiger partial charge is 0.138 e. The van der Waals surface area contributed by atoms with E-state index in [4.69, 9.17) is 14.7 Å². The lowest BCUT2D eigenvalue weighted by atomic mass is 9.79. The fourth-order valence-electron chi connectivity index (χ4n) is 10.2. The number of nitrogens with zero attached hydrogens (tertiary/aromatic N) is 4. The molecule has 0 aliphatic heterocycles. The van der Waals surface area contributed by atoms with Gasteiger partial charge in [-0.3, -0.25) is 9.13 Å². The van der Waals surface area contributed by atoms with Crippen LogP contribution in [0.2, 0.25) is 0 Å². The highest BCUT2D eigenvalue weighted by atomic mass is 16.5. The molecule has 0 saturated heterocycles. The van der Waals surface area contributed by atoms with Crippen LogP contribution < -0.4 is 4.74 Å². The largest absolute Gasteiger partial charge is 0.457 e. The number of pyridine rings is 1. The van der Waals surface area contributed by atoms with Crippen molar-refractivity contribution in [2.45, 2.75) is 119 Å². The molecule has 6 aromatic carbocycles. The van der Waals surface area contributed by atoms with Crippen LogP contribution in [0.3, 0.4) is 0 Å². The molecule has 0 unspecified atom stereocenters. The van der Waals surface area contributed by atoms with Crippen molar-refractivity contribution in [2.24, 2.45) is 0 Å². The molecule has 5 nitrogen and oxygen atoms in total. The molecule has 0 aliphatic rings. The zero-order chi connectivity index (χ0) is 45.8. The van der Waals surface area contributed by atoms with E-state index < -0.39 is 0 Å². The standard InChI is InChI=1S/C60H64N4O/c1-35(2)43-30-47(36(3)4)57(48(31-43)37(5)6)42-28-29-61-53(32-42)64-50-24-18-16-22-45(50)46-27-26-44(33-52(46)64)65-60-55(39(9)10)58(41-20-14-13-15-21-41)54(38(7)8)59(56(60)40(11)12)63-34-62-49-23-17-19-25-51(49)63/h13-40H,1-12H3. The van der Waals surface area contributed by atoms with Crippen LogP contribution in [0.15, 0.2) is 134 Å². The molecule has 65 heavy (non-hydrogen) atoms. The Hall–Kier alpha value is -6.46. The van der Waals surface area contributed by atoms with Crippen LogP contribution in [0.4, 0.5) is 0 Å². The van der Waals surface area contributed by atoms with Gasteiger partial charge >= 0.3 is 0 Å². The van der Waals surface area contributed by atoms with Gasteiger partial charge in [-0.1, -0.05) is 156 Å². The van der Waals surface area contributed by atoms with E-state index in [1.165, 1.54) is 61.0 Å². The summed E-state index contributed by atoms with van der Waals surface area (Å²) < 4.78 is 12.2. The highest BCUT2D eigenvalue weighted by molar-refractivity contribution is 6.09. The van der Waals surface area contributed by atoms with E-state index in [-0.39, 0.29) is 17.8 Å². The van der Waals surface area contributed by atoms with Crippen LogP contribution in [0.25, 0.3) is 66.6 Å². The van der Waals surface area contributed by atoms with Crippen molar-refractivity contribution in [2.75, 3.05) is 0 Å². The minimum atomic E-state index is 0.129. The van der Waals surface area contributed by atoms with Crippen molar-refractivity contribution < 1.29 is 4.74 Å². The maximum Gasteiger partial charge on any atom is 0.138 e. The summed E-state index contributed by atoms with van der Waals surface area (Å²) in [5.41, 5.74) is 18.2. The average Bonchev–Trinajstić information content (AvgIpc) is 3.87. The van der Waals surface area contributed by atoms with Crippen LogP contribution in [0.5, 0.6) is 11.5 Å². The Labute approximate surface area is 386 Å². The van der Waals surface area contributed by atoms with Crippen LogP contribution >= 0.6 is 0 Å². The summed E-state index contributed by atoms with van der Waals surface area (Å²) in [4.78, 5) is 10.1. The number of rotatable bonds is 12. The van der Waals surface area contributed by atoms with Crippen molar-refractivity contribution in [3.05, 3.63) is 167 Å². The molecule has 0 aliphatic carbocycles. The van der Waals surface area contributed by atoms with Crippen molar-refractivity contribution in [1.29, 1.82) is 0 Å². The van der Waals surface area contributed by atoms with Gasteiger partial charge in [0, 0.05) is 34.2 Å². The second-order valence-electron chi connectivity index (χ2n) is 19.8. The van der Waals surface area contributed by atoms with E-state index in [1.54, 1.807) is 0 Å². The number of imidazole rings is 1. The fraction of sp³-hybridized carbons (Fsp3) is 0.300. The topological polar surface area (TPSA) is 44.9 Å². The molecule has 0 spiro atoms. The highest BCUT2D eigenvalue weighted by Crippen LogP contribution is 2.52. The van der Waals surface area contributed by atoms with Gasteiger partial charge in [-0.25, -0.2) is 9.97 Å². The van der Waals surface area contributed by atoms with E-state index in [0.29, 0.717) is 17.8 Å². The summed E-state index contributed by atoms with van der Waals surface area (Å²) in [6.45, 7) is 27.7. The third-order valence-corrected chi connectivity index (χ3v) is 13.3. The van der Waals surface area contributed by atoms with E-state index in [0.717, 1.165) is 50.5 Å². The van der Waals surface area contributed by atoms with Crippen molar-refractivity contribution in [3.63, 3.8) is 0 Å². The first kappa shape index (κ1) is 43.8. The molecule has 9 aromatic rings. The molecule has 0 atom stereocenters. The summed E-state index contributed by atoms with van der Waals surface area (Å²) in [6, 6.07) is 44.1. The van der Waals surface area contributed by atoms with Crippen molar-refractivity contribution >= 4 is 32.8 Å². The van der Waals surface area contributed by atoms with Gasteiger partial charge in [0.1, 0.15) is 23.6 Å². The normalized spacial score (nSPS) is 12.2. The predicted molar refractivity (Wildman–Crippen MR) is 275 cm³/mol. The zero-order valence-electron chi connectivity index (χ0n) is 40.4. The monoisotopic (exact) mass is 857 g/mol. The molecular formula is C60H64N4O. The maximum atomic E-state index is 7.55. The number of benzene rings is 6. The highest BCUT2D eigenvalue weighted by Gasteiger charge is 2.32. The number of hydrogen-bond donors (Lipinski definition) is 0. The van der Waals surface area contributed by atoms with Gasteiger partial charge in [0.05, 0.1) is 27.8 Å². The van der Waals surface area contributed by atoms with Gasteiger partial charge in [0.2, 0.25) is 0 Å². The van der Waals surface area contributed by atoms with Gasteiger partial charge in [0.25, 0.3) is 0 Å². The first-order chi connectivity index (χ1) is 31.2. The van der Waals surface area contributed by atoms with Crippen LogP contribution in [0.1, 0.15) is 152 Å². The maximum absolute atomic E-state index is 7.55.